The van der Waals surface area contributed by atoms with Crippen molar-refractivity contribution in [3.05, 3.63) is 70.1 Å². The molecule has 3 aromatic rings. The van der Waals surface area contributed by atoms with Crippen LogP contribution in [-0.2, 0) is 36.8 Å². The summed E-state index contributed by atoms with van der Waals surface area (Å²) < 4.78 is 46.5. The van der Waals surface area contributed by atoms with Gasteiger partial charge in [-0.3, -0.25) is 14.4 Å². The van der Waals surface area contributed by atoms with Crippen LogP contribution in [0.5, 0.6) is 5.75 Å². The highest BCUT2D eigenvalue weighted by molar-refractivity contribution is 7.13. The van der Waals surface area contributed by atoms with Crippen LogP contribution in [0, 0.1) is 18.2 Å². The monoisotopic (exact) mass is 726 g/mol. The fourth-order valence-electron chi connectivity index (χ4n) is 6.31. The molecule has 3 aliphatic rings. The van der Waals surface area contributed by atoms with Crippen molar-refractivity contribution in [2.45, 2.75) is 90.1 Å². The van der Waals surface area contributed by atoms with E-state index in [9.17, 15) is 28.3 Å². The Morgan fingerprint density at radius 3 is 2.55 bits per heavy atom. The van der Waals surface area contributed by atoms with Crippen LogP contribution in [0.1, 0.15) is 68.7 Å². The third kappa shape index (κ3) is 8.40. The fraction of sp³-hybridized carbons (Fsp3) is 0.514. The largest absolute Gasteiger partial charge is 0.493 e. The third-order valence-corrected chi connectivity index (χ3v) is 10.4. The van der Waals surface area contributed by atoms with Gasteiger partial charge in [0.25, 0.3) is 5.91 Å². The SMILES string of the molecule is Cc1ncsc1-c1ccc(CNC(=O)[C@@H]2C[C@@H](O)CN2C(=O)[C@@H](NC(=O)C2(F)CC2)C(C)(C)C)c(OCCc2ccc(C3OCCO3)c(F)c2)c1. The lowest BCUT2D eigenvalue weighted by molar-refractivity contribution is -0.145. The summed E-state index contributed by atoms with van der Waals surface area (Å²) in [6, 6.07) is 8.45. The minimum Gasteiger partial charge on any atom is -0.493 e. The summed E-state index contributed by atoms with van der Waals surface area (Å²) in [5.74, 6) is -1.78. The van der Waals surface area contributed by atoms with E-state index in [1.54, 1.807) is 32.3 Å². The number of aliphatic hydroxyl groups excluding tert-OH is 1. The average molecular weight is 727 g/mol. The molecule has 274 valence electrons. The van der Waals surface area contributed by atoms with Crippen LogP contribution in [0.2, 0.25) is 0 Å². The summed E-state index contributed by atoms with van der Waals surface area (Å²) in [6.45, 7) is 8.18. The molecule has 3 heterocycles. The van der Waals surface area contributed by atoms with Crippen LogP contribution in [-0.4, -0.2) is 82.9 Å². The van der Waals surface area contributed by atoms with E-state index < -0.39 is 59.1 Å². The molecule has 2 aliphatic heterocycles. The van der Waals surface area contributed by atoms with Gasteiger partial charge in [0.1, 0.15) is 23.7 Å². The lowest BCUT2D eigenvalue weighted by atomic mass is 9.85. The summed E-state index contributed by atoms with van der Waals surface area (Å²) in [7, 11) is 0. The van der Waals surface area contributed by atoms with Crippen molar-refractivity contribution in [3.8, 4) is 16.2 Å². The molecule has 0 radical (unpaired) electrons. The Hall–Kier alpha value is -3.98. The number of rotatable bonds is 12. The van der Waals surface area contributed by atoms with E-state index in [2.05, 4.69) is 15.6 Å². The highest BCUT2D eigenvalue weighted by Gasteiger charge is 2.53. The van der Waals surface area contributed by atoms with Crippen LogP contribution in [0.25, 0.3) is 10.4 Å². The van der Waals surface area contributed by atoms with Crippen molar-refractivity contribution in [2.75, 3.05) is 26.4 Å². The number of nitrogens with zero attached hydrogens (tertiary/aromatic N) is 2. The molecule has 1 aliphatic carbocycles. The molecule has 3 amide bonds. The maximum atomic E-state index is 14.9. The second-order valence-electron chi connectivity index (χ2n) is 14.5. The number of aromatic nitrogens is 1. The molecule has 3 N–H and O–H groups in total. The molecule has 3 fully saturated rings. The molecule has 51 heavy (non-hydrogen) atoms. The van der Waals surface area contributed by atoms with Gasteiger partial charge in [-0.2, -0.15) is 0 Å². The van der Waals surface area contributed by atoms with Gasteiger partial charge in [-0.15, -0.1) is 11.3 Å². The second kappa shape index (κ2) is 14.9. The summed E-state index contributed by atoms with van der Waals surface area (Å²) in [5.41, 5.74) is 2.50. The van der Waals surface area contributed by atoms with Gasteiger partial charge in [0.15, 0.2) is 12.0 Å². The summed E-state index contributed by atoms with van der Waals surface area (Å²) >= 11 is 1.49. The van der Waals surface area contributed by atoms with Crippen molar-refractivity contribution >= 4 is 29.1 Å². The molecular weight excluding hydrogens is 682 g/mol. The van der Waals surface area contributed by atoms with E-state index in [1.165, 1.54) is 22.3 Å². The van der Waals surface area contributed by atoms with Crippen LogP contribution in [0.4, 0.5) is 8.78 Å². The number of hydrogen-bond acceptors (Lipinski definition) is 9. The van der Waals surface area contributed by atoms with E-state index in [4.69, 9.17) is 14.2 Å². The predicted molar refractivity (Wildman–Crippen MR) is 185 cm³/mol. The summed E-state index contributed by atoms with van der Waals surface area (Å²) in [6.07, 6.45) is -1.03. The molecule has 0 bridgehead atoms. The third-order valence-electron chi connectivity index (χ3n) is 9.47. The molecule has 1 saturated carbocycles. The number of aryl methyl sites for hydroxylation is 1. The second-order valence-corrected chi connectivity index (χ2v) is 15.3. The number of thiazole rings is 1. The van der Waals surface area contributed by atoms with Gasteiger partial charge in [0, 0.05) is 37.1 Å². The number of ether oxygens (including phenoxy) is 3. The van der Waals surface area contributed by atoms with E-state index in [1.807, 2.05) is 31.2 Å². The number of β-amino-alcohol motifs (C(OH)–C–C–N with tert-alkyl or cyclic N) is 1. The Kier molecular flexibility index (Phi) is 10.8. The maximum Gasteiger partial charge on any atom is 0.258 e. The van der Waals surface area contributed by atoms with Crippen LogP contribution in [0.15, 0.2) is 41.9 Å². The first-order valence-electron chi connectivity index (χ1n) is 17.2. The molecule has 3 atom stereocenters. The highest BCUT2D eigenvalue weighted by Crippen LogP contribution is 2.40. The minimum atomic E-state index is -1.97. The number of carbonyl (C=O) groups is 3. The zero-order valence-corrected chi connectivity index (χ0v) is 30.0. The van der Waals surface area contributed by atoms with E-state index in [-0.39, 0.29) is 39.0 Å². The first-order valence-corrected chi connectivity index (χ1v) is 18.1. The van der Waals surface area contributed by atoms with Crippen molar-refractivity contribution in [2.24, 2.45) is 5.41 Å². The zero-order valence-electron chi connectivity index (χ0n) is 29.2. The number of likely N-dealkylation sites (tertiary alicyclic amines) is 1. The molecule has 2 aromatic carbocycles. The number of carbonyl (C=O) groups excluding carboxylic acids is 3. The van der Waals surface area contributed by atoms with Gasteiger partial charge in [0.2, 0.25) is 11.8 Å². The van der Waals surface area contributed by atoms with Crippen molar-refractivity contribution in [1.82, 2.24) is 20.5 Å². The van der Waals surface area contributed by atoms with Gasteiger partial charge in [-0.1, -0.05) is 45.0 Å². The Balaban J connectivity index is 1.15. The van der Waals surface area contributed by atoms with E-state index in [0.717, 1.165) is 21.7 Å². The molecular formula is C37H44F2N4O7S. The maximum absolute atomic E-state index is 14.9. The Morgan fingerprint density at radius 1 is 1.16 bits per heavy atom. The standard InChI is InChI=1S/C37H44F2N4O7S/c1-21-30(51-20-41-21)23-6-7-24(29(16-23)48-12-9-22-5-8-26(27(38)15-22)34-49-13-14-50-34)18-40-32(45)28-17-25(44)19-43(28)33(46)31(36(2,3)4)42-35(47)37(39)10-11-37/h5-8,15-16,20,25,28,31,34,44H,9-14,17-19H2,1-4H3,(H,40,45)(H,42,47)/t25-,28+,31-/m1/s1. The first kappa shape index (κ1) is 36.8. The predicted octanol–water partition coefficient (Wildman–Crippen LogP) is 4.54. The Bertz CT molecular complexity index is 1770. The van der Waals surface area contributed by atoms with Crippen LogP contribution < -0.4 is 15.4 Å². The zero-order chi connectivity index (χ0) is 36.5. The number of nitrogens with one attached hydrogen (secondary N) is 2. The van der Waals surface area contributed by atoms with Crippen LogP contribution >= 0.6 is 11.3 Å². The first-order chi connectivity index (χ1) is 24.2. The van der Waals surface area contributed by atoms with Gasteiger partial charge in [-0.05, 0) is 48.4 Å². The number of amides is 3. The molecule has 6 rings (SSSR count). The van der Waals surface area contributed by atoms with Gasteiger partial charge in [-0.25, -0.2) is 13.8 Å². The number of aliphatic hydroxyl groups is 1. The van der Waals surface area contributed by atoms with Crippen LogP contribution in [0.3, 0.4) is 0 Å². The normalized spacial score (nSPS) is 20.6. The number of alkyl halides is 1. The molecule has 11 nitrogen and oxygen atoms in total. The van der Waals surface area contributed by atoms with Gasteiger partial charge in [0.05, 0.1) is 42.0 Å². The average Bonchev–Trinajstić information content (AvgIpc) is 3.45. The molecule has 1 aromatic heterocycles. The Morgan fingerprint density at radius 2 is 1.90 bits per heavy atom. The Labute approximate surface area is 299 Å². The van der Waals surface area contributed by atoms with Crippen molar-refractivity contribution in [1.29, 1.82) is 0 Å². The van der Waals surface area contributed by atoms with E-state index >= 15 is 0 Å². The quantitative estimate of drug-likeness (QED) is 0.248. The molecule has 0 unspecified atom stereocenters. The molecule has 14 heteroatoms. The lowest BCUT2D eigenvalue weighted by Gasteiger charge is -2.35. The van der Waals surface area contributed by atoms with E-state index in [0.29, 0.717) is 36.5 Å². The smallest absolute Gasteiger partial charge is 0.258 e. The summed E-state index contributed by atoms with van der Waals surface area (Å²) in [5, 5.41) is 16.0. The number of hydrogen-bond donors (Lipinski definition) is 3. The van der Waals surface area contributed by atoms with Crippen molar-refractivity contribution in [3.63, 3.8) is 0 Å². The lowest BCUT2D eigenvalue weighted by Crippen LogP contribution is -2.59. The van der Waals surface area contributed by atoms with Gasteiger partial charge >= 0.3 is 0 Å². The summed E-state index contributed by atoms with van der Waals surface area (Å²) in [4.78, 5) is 46.7. The fourth-order valence-corrected chi connectivity index (χ4v) is 7.11. The minimum absolute atomic E-state index is 0.0106. The molecule has 0 spiro atoms. The highest BCUT2D eigenvalue weighted by atomic mass is 32.1. The number of benzene rings is 2. The topological polar surface area (TPSA) is 139 Å². The van der Waals surface area contributed by atoms with Crippen molar-refractivity contribution < 1.29 is 42.5 Å². The van der Waals surface area contributed by atoms with Gasteiger partial charge < -0.3 is 34.9 Å². The molecule has 2 saturated heterocycles. The number of halogens is 2.